The Morgan fingerprint density at radius 2 is 1.21 bits per heavy atom. The van der Waals surface area contributed by atoms with Gasteiger partial charge < -0.3 is 34.3 Å². The number of amides is 2. The number of hydrogen-bond acceptors (Lipinski definition) is 11. The molecule has 3 N–H and O–H groups in total. The van der Waals surface area contributed by atoms with Crippen LogP contribution in [0.4, 0.5) is 5.69 Å². The zero-order valence-corrected chi connectivity index (χ0v) is 34.2. The van der Waals surface area contributed by atoms with E-state index in [9.17, 15) is 28.1 Å². The number of nitro benzene ring substituents is 1. The number of benzene rings is 5. The first-order valence-corrected chi connectivity index (χ1v) is 21.1. The standard InChI is InChI=1S/C45H48N4O11S/c1-32(50)47-41-43(58-29-36-20-12-5-13-21-36)42(57-28-35-18-10-4-11-19-35)40(31-56-27-34-16-8-3-9-17-34)60-45(41)59-30-39(44(51)46-26-33-14-6-2-7-15-33)48-61(54,55)38-24-22-37(23-25-38)49(52)53/h2-25,39-43,45,48H,26-31H2,1H3,(H,46,51)(H,47,50)/t39-,40-,41-,42+,43-,45-/m1/s1. The summed E-state index contributed by atoms with van der Waals surface area (Å²) in [6.07, 6.45) is -3.92. The molecular weight excluding hydrogens is 805 g/mol. The number of non-ortho nitro benzene ring substituents is 1. The normalized spacial score (nSPS) is 19.4. The van der Waals surface area contributed by atoms with Crippen molar-refractivity contribution < 1.29 is 46.6 Å². The minimum Gasteiger partial charge on any atom is -0.374 e. The minimum atomic E-state index is -4.45. The van der Waals surface area contributed by atoms with E-state index in [-0.39, 0.29) is 43.6 Å². The Labute approximate surface area is 354 Å². The zero-order valence-electron chi connectivity index (χ0n) is 33.4. The molecule has 61 heavy (non-hydrogen) atoms. The number of carbonyl (C=O) groups excluding carboxylic acids is 2. The second-order valence-corrected chi connectivity index (χ2v) is 16.0. The number of nitrogens with zero attached hydrogens (tertiary/aromatic N) is 1. The van der Waals surface area contributed by atoms with Crippen LogP contribution in [-0.2, 0) is 69.7 Å². The van der Waals surface area contributed by atoms with Gasteiger partial charge in [0, 0.05) is 25.6 Å². The van der Waals surface area contributed by atoms with Gasteiger partial charge in [-0.3, -0.25) is 19.7 Å². The molecule has 1 saturated heterocycles. The van der Waals surface area contributed by atoms with Crippen LogP contribution in [0.3, 0.4) is 0 Å². The maximum absolute atomic E-state index is 13.9. The highest BCUT2D eigenvalue weighted by molar-refractivity contribution is 7.89. The third-order valence-electron chi connectivity index (χ3n) is 9.69. The summed E-state index contributed by atoms with van der Waals surface area (Å²) in [5.74, 6) is -1.17. The average molecular weight is 853 g/mol. The first-order chi connectivity index (χ1) is 29.6. The Balaban J connectivity index is 1.30. The molecule has 5 aromatic carbocycles. The fraction of sp³-hybridized carbons (Fsp3) is 0.289. The molecule has 0 aliphatic carbocycles. The number of ether oxygens (including phenoxy) is 5. The van der Waals surface area contributed by atoms with Gasteiger partial charge in [-0.15, -0.1) is 0 Å². The molecule has 0 unspecified atom stereocenters. The van der Waals surface area contributed by atoms with E-state index in [4.69, 9.17) is 23.7 Å². The van der Waals surface area contributed by atoms with Gasteiger partial charge in [0.05, 0.1) is 42.9 Å². The van der Waals surface area contributed by atoms with Gasteiger partial charge in [0.1, 0.15) is 30.4 Å². The summed E-state index contributed by atoms with van der Waals surface area (Å²) in [7, 11) is -4.45. The topological polar surface area (TPSA) is 194 Å². The molecule has 1 aliphatic rings. The van der Waals surface area contributed by atoms with Gasteiger partial charge in [-0.2, -0.15) is 4.72 Å². The van der Waals surface area contributed by atoms with Gasteiger partial charge >= 0.3 is 0 Å². The van der Waals surface area contributed by atoms with Crippen LogP contribution in [0.1, 0.15) is 29.2 Å². The molecule has 320 valence electrons. The number of nitrogens with one attached hydrogen (secondary N) is 3. The number of sulfonamides is 1. The van der Waals surface area contributed by atoms with Gasteiger partial charge in [0.25, 0.3) is 5.69 Å². The first kappa shape index (κ1) is 44.7. The van der Waals surface area contributed by atoms with Gasteiger partial charge in [-0.25, -0.2) is 8.42 Å². The molecule has 15 nitrogen and oxygen atoms in total. The van der Waals surface area contributed by atoms with Gasteiger partial charge in [0.15, 0.2) is 6.29 Å². The molecule has 0 bridgehead atoms. The molecule has 6 rings (SSSR count). The fourth-order valence-electron chi connectivity index (χ4n) is 6.63. The molecule has 2 amide bonds. The van der Waals surface area contributed by atoms with Crippen molar-refractivity contribution >= 4 is 27.5 Å². The summed E-state index contributed by atoms with van der Waals surface area (Å²) in [6.45, 7) is 1.36. The Morgan fingerprint density at radius 3 is 1.74 bits per heavy atom. The molecule has 0 radical (unpaired) electrons. The molecule has 0 saturated carbocycles. The lowest BCUT2D eigenvalue weighted by Crippen LogP contribution is -2.66. The van der Waals surface area contributed by atoms with Gasteiger partial charge in [0.2, 0.25) is 21.8 Å². The lowest BCUT2D eigenvalue weighted by molar-refractivity contribution is -0.384. The third kappa shape index (κ3) is 13.3. The summed E-state index contributed by atoms with van der Waals surface area (Å²) >= 11 is 0. The predicted octanol–water partition coefficient (Wildman–Crippen LogP) is 5.19. The van der Waals surface area contributed by atoms with E-state index in [1.807, 2.05) is 97.1 Å². The summed E-state index contributed by atoms with van der Waals surface area (Å²) in [5.41, 5.74) is 3.10. The molecule has 0 spiro atoms. The van der Waals surface area contributed by atoms with Crippen LogP contribution >= 0.6 is 0 Å². The summed E-state index contributed by atoms with van der Waals surface area (Å²) < 4.78 is 62.1. The summed E-state index contributed by atoms with van der Waals surface area (Å²) in [6, 6.07) is 39.2. The molecule has 5 aromatic rings. The number of nitro groups is 1. The maximum Gasteiger partial charge on any atom is 0.269 e. The molecule has 0 aromatic heterocycles. The minimum absolute atomic E-state index is 0.0000372. The number of rotatable bonds is 21. The second kappa shape index (κ2) is 22.1. The Bertz CT molecular complexity index is 2260. The number of carbonyl (C=O) groups is 2. The lowest BCUT2D eigenvalue weighted by Gasteiger charge is -2.46. The Hall–Kier alpha value is -5.85. The third-order valence-corrected chi connectivity index (χ3v) is 11.2. The molecule has 16 heteroatoms. The highest BCUT2D eigenvalue weighted by atomic mass is 32.2. The van der Waals surface area contributed by atoms with Crippen molar-refractivity contribution in [1.82, 2.24) is 15.4 Å². The van der Waals surface area contributed by atoms with Crippen molar-refractivity contribution in [3.8, 4) is 0 Å². The molecular formula is C45H48N4O11S. The van der Waals surface area contributed by atoms with E-state index < -0.39 is 70.1 Å². The molecule has 1 aliphatic heterocycles. The van der Waals surface area contributed by atoms with Crippen molar-refractivity contribution in [3.05, 3.63) is 178 Å². The zero-order chi connectivity index (χ0) is 43.0. The van der Waals surface area contributed by atoms with Crippen LogP contribution in [0.2, 0.25) is 0 Å². The highest BCUT2D eigenvalue weighted by Crippen LogP contribution is 2.30. The largest absolute Gasteiger partial charge is 0.374 e. The van der Waals surface area contributed by atoms with E-state index in [1.165, 1.54) is 6.92 Å². The van der Waals surface area contributed by atoms with Crippen LogP contribution < -0.4 is 15.4 Å². The van der Waals surface area contributed by atoms with Crippen molar-refractivity contribution in [2.45, 2.75) is 74.9 Å². The average Bonchev–Trinajstić information content (AvgIpc) is 3.27. The first-order valence-electron chi connectivity index (χ1n) is 19.6. The summed E-state index contributed by atoms with van der Waals surface area (Å²) in [5, 5.41) is 16.9. The SMILES string of the molecule is CC(=O)N[C@H]1[C@H](OC[C@@H](NS(=O)(=O)c2ccc([N+](=O)[O-])cc2)C(=O)NCc2ccccc2)O[C@H](COCc2ccccc2)[C@H](OCc2ccccc2)[C@@H]1OCc1ccccc1. The van der Waals surface area contributed by atoms with Gasteiger partial charge in [-0.1, -0.05) is 121 Å². The van der Waals surface area contributed by atoms with Crippen molar-refractivity contribution in [2.75, 3.05) is 13.2 Å². The second-order valence-electron chi connectivity index (χ2n) is 14.3. The molecule has 6 atom stereocenters. The van der Waals surface area contributed by atoms with Crippen molar-refractivity contribution in [1.29, 1.82) is 0 Å². The highest BCUT2D eigenvalue weighted by Gasteiger charge is 2.49. The van der Waals surface area contributed by atoms with Gasteiger partial charge in [-0.05, 0) is 34.4 Å². The molecule has 1 fully saturated rings. The summed E-state index contributed by atoms with van der Waals surface area (Å²) in [4.78, 5) is 37.1. The lowest BCUT2D eigenvalue weighted by atomic mass is 9.95. The van der Waals surface area contributed by atoms with Crippen molar-refractivity contribution in [3.63, 3.8) is 0 Å². The van der Waals surface area contributed by atoms with Crippen LogP contribution in [0, 0.1) is 10.1 Å². The Morgan fingerprint density at radius 1 is 0.705 bits per heavy atom. The molecule has 1 heterocycles. The van der Waals surface area contributed by atoms with Crippen LogP contribution in [0.25, 0.3) is 0 Å². The van der Waals surface area contributed by atoms with E-state index >= 15 is 0 Å². The Kier molecular flexibility index (Phi) is 16.2. The monoisotopic (exact) mass is 852 g/mol. The van der Waals surface area contributed by atoms with Crippen LogP contribution in [-0.4, -0.2) is 75.1 Å². The predicted molar refractivity (Wildman–Crippen MR) is 224 cm³/mol. The fourth-order valence-corrected chi connectivity index (χ4v) is 7.81. The van der Waals surface area contributed by atoms with Crippen molar-refractivity contribution in [2.24, 2.45) is 0 Å². The smallest absolute Gasteiger partial charge is 0.269 e. The number of hydrogen-bond donors (Lipinski definition) is 3. The quantitative estimate of drug-likeness (QED) is 0.0650. The van der Waals surface area contributed by atoms with E-state index in [1.54, 1.807) is 24.3 Å². The van der Waals surface area contributed by atoms with E-state index in [0.29, 0.717) is 0 Å². The van der Waals surface area contributed by atoms with E-state index in [0.717, 1.165) is 46.5 Å². The van der Waals surface area contributed by atoms with Crippen LogP contribution in [0.5, 0.6) is 0 Å². The van der Waals surface area contributed by atoms with E-state index in [2.05, 4.69) is 15.4 Å². The maximum atomic E-state index is 13.9. The van der Waals surface area contributed by atoms with Crippen LogP contribution in [0.15, 0.2) is 150 Å².